The molecule has 0 radical (unpaired) electrons. The Morgan fingerprint density at radius 3 is 1.88 bits per heavy atom. The Hall–Kier alpha value is -0.570. The topological polar surface area (TPSA) is 46.2 Å². The molecule has 2 atom stereocenters. The normalized spacial score (nSPS) is 14.6. The molecule has 0 saturated carbocycles. The van der Waals surface area contributed by atoms with Crippen molar-refractivity contribution in [3.63, 3.8) is 0 Å². The number of aliphatic hydroxyl groups excluding tert-OH is 1. The van der Waals surface area contributed by atoms with E-state index >= 15 is 0 Å². The van der Waals surface area contributed by atoms with Crippen LogP contribution in [0.25, 0.3) is 0 Å². The molecule has 1 aromatic carbocycles. The summed E-state index contributed by atoms with van der Waals surface area (Å²) in [5.41, 5.74) is 7.02. The summed E-state index contributed by atoms with van der Waals surface area (Å²) >= 11 is 0. The van der Waals surface area contributed by atoms with E-state index in [1.807, 2.05) is 25.1 Å². The third-order valence-corrected chi connectivity index (χ3v) is 5.02. The Labute approximate surface area is 162 Å². The number of aliphatic hydroxyl groups is 1. The van der Waals surface area contributed by atoms with E-state index in [1.165, 1.54) is 63.4 Å². The maximum absolute atomic E-state index is 10.4. The van der Waals surface area contributed by atoms with Crippen LogP contribution < -0.4 is 5.73 Å². The molecule has 2 nitrogen and oxygen atoms in total. The molecule has 0 aliphatic carbocycles. The van der Waals surface area contributed by atoms with E-state index in [9.17, 15) is 5.11 Å². The quantitative estimate of drug-likeness (QED) is 0.392. The number of rotatable bonds is 14. The molecule has 1 rings (SSSR count). The molecule has 0 spiro atoms. The number of halogens is 1. The Morgan fingerprint density at radius 2 is 1.36 bits per heavy atom. The Balaban J connectivity index is 0.00000576. The van der Waals surface area contributed by atoms with Gasteiger partial charge < -0.3 is 10.8 Å². The minimum Gasteiger partial charge on any atom is -0.391 e. The van der Waals surface area contributed by atoms with Gasteiger partial charge in [0, 0.05) is 5.54 Å². The first-order valence-corrected chi connectivity index (χ1v) is 10.1. The van der Waals surface area contributed by atoms with Crippen LogP contribution in [-0.4, -0.2) is 16.7 Å². The second-order valence-electron chi connectivity index (χ2n) is 7.65. The summed E-state index contributed by atoms with van der Waals surface area (Å²) in [6, 6.07) is 10.2. The maximum Gasteiger partial charge on any atom is 0.0720 e. The Morgan fingerprint density at radius 1 is 0.880 bits per heavy atom. The van der Waals surface area contributed by atoms with E-state index in [2.05, 4.69) is 19.1 Å². The molecule has 0 aliphatic rings. The zero-order chi connectivity index (χ0) is 17.7. The second kappa shape index (κ2) is 14.6. The third kappa shape index (κ3) is 11.6. The molecule has 2 unspecified atom stereocenters. The molecule has 0 aliphatic heterocycles. The van der Waals surface area contributed by atoms with Crippen molar-refractivity contribution in [2.45, 2.75) is 103 Å². The van der Waals surface area contributed by atoms with Gasteiger partial charge >= 0.3 is 0 Å². The summed E-state index contributed by atoms with van der Waals surface area (Å²) in [5, 5.41) is 10.4. The van der Waals surface area contributed by atoms with Gasteiger partial charge in [-0.1, -0.05) is 101 Å². The van der Waals surface area contributed by atoms with Gasteiger partial charge in [0.2, 0.25) is 0 Å². The average Bonchev–Trinajstić information content (AvgIpc) is 2.57. The lowest BCUT2D eigenvalue weighted by Gasteiger charge is -2.30. The first-order chi connectivity index (χ1) is 11.6. The zero-order valence-corrected chi connectivity index (χ0v) is 17.2. The molecule has 1 aromatic rings. The predicted octanol–water partition coefficient (Wildman–Crippen LogP) is 6.04. The van der Waals surface area contributed by atoms with Gasteiger partial charge in [-0.3, -0.25) is 0 Å². The fraction of sp³-hybridized carbons (Fsp3) is 0.727. The van der Waals surface area contributed by atoms with Gasteiger partial charge in [-0.15, -0.1) is 12.4 Å². The lowest BCUT2D eigenvalue weighted by Crippen LogP contribution is -2.49. The highest BCUT2D eigenvalue weighted by atomic mass is 35.5. The molecule has 0 amide bonds. The molecule has 0 aromatic heterocycles. The maximum atomic E-state index is 10.4. The van der Waals surface area contributed by atoms with E-state index in [1.54, 1.807) is 0 Å². The summed E-state index contributed by atoms with van der Waals surface area (Å²) in [5.74, 6) is 0. The van der Waals surface area contributed by atoms with Crippen molar-refractivity contribution in [3.8, 4) is 0 Å². The fourth-order valence-corrected chi connectivity index (χ4v) is 3.31. The van der Waals surface area contributed by atoms with Gasteiger partial charge in [0.15, 0.2) is 0 Å². The highest BCUT2D eigenvalue weighted by Gasteiger charge is 2.28. The monoisotopic (exact) mass is 369 g/mol. The lowest BCUT2D eigenvalue weighted by molar-refractivity contribution is 0.0828. The van der Waals surface area contributed by atoms with Crippen LogP contribution in [-0.2, 0) is 6.42 Å². The van der Waals surface area contributed by atoms with Crippen LogP contribution in [0, 0.1) is 0 Å². The number of hydrogen-bond donors (Lipinski definition) is 2. The molecule has 0 heterocycles. The number of nitrogens with two attached hydrogens (primary N) is 1. The largest absolute Gasteiger partial charge is 0.391 e. The van der Waals surface area contributed by atoms with Gasteiger partial charge in [0.05, 0.1) is 6.10 Å². The summed E-state index contributed by atoms with van der Waals surface area (Å²) in [6.45, 7) is 4.24. The van der Waals surface area contributed by atoms with Crippen molar-refractivity contribution in [1.82, 2.24) is 0 Å². The van der Waals surface area contributed by atoms with Crippen molar-refractivity contribution >= 4 is 12.4 Å². The molecular weight excluding hydrogens is 330 g/mol. The van der Waals surface area contributed by atoms with Crippen molar-refractivity contribution in [2.75, 3.05) is 0 Å². The molecule has 146 valence electrons. The molecule has 0 fully saturated rings. The molecular formula is C22H40ClNO. The summed E-state index contributed by atoms with van der Waals surface area (Å²) in [6.07, 6.45) is 14.3. The van der Waals surface area contributed by atoms with E-state index in [0.29, 0.717) is 0 Å². The van der Waals surface area contributed by atoms with Crippen LogP contribution in [0.3, 0.4) is 0 Å². The average molecular weight is 370 g/mol. The smallest absolute Gasteiger partial charge is 0.0720 e. The Bertz CT molecular complexity index is 408. The number of hydrogen-bond acceptors (Lipinski definition) is 2. The molecule has 25 heavy (non-hydrogen) atoms. The van der Waals surface area contributed by atoms with E-state index < -0.39 is 11.6 Å². The van der Waals surface area contributed by atoms with Gasteiger partial charge in [-0.05, 0) is 25.3 Å². The third-order valence-electron chi connectivity index (χ3n) is 5.02. The van der Waals surface area contributed by atoms with Gasteiger partial charge in [-0.2, -0.15) is 0 Å². The molecule has 3 N–H and O–H groups in total. The van der Waals surface area contributed by atoms with Crippen molar-refractivity contribution in [2.24, 2.45) is 5.73 Å². The number of unbranched alkanes of at least 4 members (excludes halogenated alkanes) is 9. The predicted molar refractivity (Wildman–Crippen MR) is 112 cm³/mol. The van der Waals surface area contributed by atoms with Crippen LogP contribution in [0.4, 0.5) is 0 Å². The minimum atomic E-state index is -0.541. The van der Waals surface area contributed by atoms with Gasteiger partial charge in [-0.25, -0.2) is 0 Å². The van der Waals surface area contributed by atoms with Crippen LogP contribution >= 0.6 is 12.4 Å². The zero-order valence-electron chi connectivity index (χ0n) is 16.4. The van der Waals surface area contributed by atoms with E-state index in [-0.39, 0.29) is 12.4 Å². The van der Waals surface area contributed by atoms with Gasteiger partial charge in [0.1, 0.15) is 0 Å². The highest BCUT2D eigenvalue weighted by Crippen LogP contribution is 2.20. The Kier molecular flexibility index (Phi) is 14.3. The van der Waals surface area contributed by atoms with E-state index in [4.69, 9.17) is 5.73 Å². The second-order valence-corrected chi connectivity index (χ2v) is 7.65. The van der Waals surface area contributed by atoms with E-state index in [0.717, 1.165) is 19.3 Å². The highest BCUT2D eigenvalue weighted by molar-refractivity contribution is 5.85. The summed E-state index contributed by atoms with van der Waals surface area (Å²) < 4.78 is 0. The van der Waals surface area contributed by atoms with Crippen molar-refractivity contribution in [1.29, 1.82) is 0 Å². The van der Waals surface area contributed by atoms with Gasteiger partial charge in [0.25, 0.3) is 0 Å². The van der Waals surface area contributed by atoms with Crippen molar-refractivity contribution < 1.29 is 5.11 Å². The molecule has 3 heteroatoms. The summed E-state index contributed by atoms with van der Waals surface area (Å²) in [4.78, 5) is 0. The van der Waals surface area contributed by atoms with Crippen LogP contribution in [0.15, 0.2) is 30.3 Å². The van der Waals surface area contributed by atoms with Crippen molar-refractivity contribution in [3.05, 3.63) is 35.9 Å². The van der Waals surface area contributed by atoms with Crippen LogP contribution in [0.2, 0.25) is 0 Å². The fourth-order valence-electron chi connectivity index (χ4n) is 3.31. The first kappa shape index (κ1) is 24.4. The SMILES string of the molecule is CCCCCCCCCCCCC(O)C(C)(N)Cc1ccccc1.Cl. The lowest BCUT2D eigenvalue weighted by atomic mass is 9.85. The molecule has 0 bridgehead atoms. The number of benzene rings is 1. The molecule has 0 saturated heterocycles. The summed E-state index contributed by atoms with van der Waals surface area (Å²) in [7, 11) is 0. The van der Waals surface area contributed by atoms with Crippen LogP contribution in [0.1, 0.15) is 90.0 Å². The first-order valence-electron chi connectivity index (χ1n) is 10.1. The standard InChI is InChI=1S/C22H39NO.ClH/c1-3-4-5-6-7-8-9-10-11-15-18-21(24)22(2,23)19-20-16-13-12-14-17-20;/h12-14,16-17,21,24H,3-11,15,18-19,23H2,1-2H3;1H. The van der Waals surface area contributed by atoms with Crippen LogP contribution in [0.5, 0.6) is 0 Å². The minimum absolute atomic E-state index is 0.